The number of H-pyrrole nitrogens is 1. The number of nitrogen functional groups attached to an aromatic ring is 2. The average Bonchev–Trinajstić information content (AvgIpc) is 3.44. The van der Waals surface area contributed by atoms with Crippen molar-refractivity contribution in [3.05, 3.63) is 29.3 Å². The van der Waals surface area contributed by atoms with Gasteiger partial charge in [-0.2, -0.15) is 4.98 Å². The van der Waals surface area contributed by atoms with Crippen molar-refractivity contribution in [2.75, 3.05) is 31.3 Å². The van der Waals surface area contributed by atoms with E-state index in [1.165, 1.54) is 23.5 Å². The number of nitrogens with two attached hydrogens (primary N) is 2. The highest BCUT2D eigenvalue weighted by atomic mass is 31.2. The zero-order valence-electron chi connectivity index (χ0n) is 23.4. The first-order chi connectivity index (χ1) is 22.0. The van der Waals surface area contributed by atoms with Gasteiger partial charge in [-0.1, -0.05) is 0 Å². The maximum absolute atomic E-state index is 13.5. The largest absolute Gasteiger partial charge is 0.472 e. The molecule has 7 N–H and O–H groups in total. The van der Waals surface area contributed by atoms with Crippen molar-refractivity contribution < 1.29 is 46.7 Å². The fourth-order valence-electron chi connectivity index (χ4n) is 7.48. The molecule has 2 bridgehead atoms. The Kier molecular flexibility index (Phi) is 6.02. The van der Waals surface area contributed by atoms with Crippen LogP contribution in [-0.4, -0.2) is 98.9 Å². The number of anilines is 2. The van der Waals surface area contributed by atoms with Crippen LogP contribution in [0.5, 0.6) is 0 Å². The summed E-state index contributed by atoms with van der Waals surface area (Å²) >= 11 is 0. The van der Waals surface area contributed by atoms with Crippen molar-refractivity contribution in [3.63, 3.8) is 0 Å². The SMILES string of the molecule is Nc1nc2c(ncn2[C@H]2[C@H](O)[C@@H]3OP(=O)(O)OC[C@@]45CO[C@@H]([C@H](n6cnc7c(N)ncnc76)O4)[C@@H]5O[PH](=O)OC[C@@]34C[C@H]24)c(=O)[nH]1. The summed E-state index contributed by atoms with van der Waals surface area (Å²) in [7, 11) is -8.15. The van der Waals surface area contributed by atoms with Gasteiger partial charge in [0.15, 0.2) is 28.9 Å². The van der Waals surface area contributed by atoms with Crippen LogP contribution in [0.2, 0.25) is 0 Å². The standard InChI is InChI=1S/C23H26N10O11P2/c24-16-9-17(27-5-26-16)33(7-28-9)20-13-15-23(42-20,3-39-13)4-41-46(37,38)44-14-12(34)11(8-1-22(8,14)2-40-45(36)43-15)32-6-29-10-18(32)30-21(25)31-19(10)35/h5-8,11-15,20,34,45H,1-4H2,(H,37,38)(H2,24,26,27)(H3,25,30,31,35)/t8-,11-,12+,13-,14+,15+,20-,22-,23-/m1/s1. The van der Waals surface area contributed by atoms with Gasteiger partial charge in [0.2, 0.25) is 5.95 Å². The molecule has 21 nitrogen and oxygen atoms in total. The third-order valence-corrected chi connectivity index (χ3v) is 11.4. The number of rotatable bonds is 2. The van der Waals surface area contributed by atoms with Crippen LogP contribution in [0.4, 0.5) is 11.8 Å². The summed E-state index contributed by atoms with van der Waals surface area (Å²) in [5.74, 6) is -0.422. The van der Waals surface area contributed by atoms with Crippen LogP contribution in [0.3, 0.4) is 0 Å². The molecule has 2 aliphatic carbocycles. The van der Waals surface area contributed by atoms with E-state index in [9.17, 15) is 23.9 Å². The Hall–Kier alpha value is -3.36. The number of nitrogens with zero attached hydrogens (tertiary/aromatic N) is 7. The summed E-state index contributed by atoms with van der Waals surface area (Å²) in [5, 5.41) is 11.5. The highest BCUT2D eigenvalue weighted by molar-refractivity contribution is 7.47. The van der Waals surface area contributed by atoms with Crippen molar-refractivity contribution in [3.8, 4) is 0 Å². The van der Waals surface area contributed by atoms with E-state index in [-0.39, 0.29) is 36.1 Å². The minimum absolute atomic E-state index is 0.00486. The molecule has 9 rings (SSSR count). The minimum Gasteiger partial charge on any atom is -0.388 e. The molecule has 7 heterocycles. The van der Waals surface area contributed by atoms with Gasteiger partial charge in [-0.25, -0.2) is 24.5 Å². The molecular weight excluding hydrogens is 654 g/mol. The Morgan fingerprint density at radius 2 is 1.87 bits per heavy atom. The first kappa shape index (κ1) is 28.8. The minimum atomic E-state index is -4.90. The summed E-state index contributed by atoms with van der Waals surface area (Å²) in [4.78, 5) is 46.4. The van der Waals surface area contributed by atoms with Crippen LogP contribution in [0.25, 0.3) is 22.3 Å². The normalized spacial score (nSPS) is 42.0. The third-order valence-electron chi connectivity index (χ3n) is 9.62. The fraction of sp³-hybridized carbons (Fsp3) is 0.565. The molecule has 0 amide bonds. The van der Waals surface area contributed by atoms with Crippen molar-refractivity contribution in [2.24, 2.45) is 11.3 Å². The third kappa shape index (κ3) is 3.98. The van der Waals surface area contributed by atoms with Crippen LogP contribution in [0, 0.1) is 11.3 Å². The Labute approximate surface area is 256 Å². The van der Waals surface area contributed by atoms with Gasteiger partial charge in [-0.05, 0) is 12.3 Å². The maximum atomic E-state index is 13.5. The van der Waals surface area contributed by atoms with Gasteiger partial charge in [-0.3, -0.25) is 28.0 Å². The number of aromatic amines is 1. The van der Waals surface area contributed by atoms with Gasteiger partial charge in [0.25, 0.3) is 5.56 Å². The number of phosphoric acid groups is 1. The van der Waals surface area contributed by atoms with E-state index in [1.807, 2.05) is 0 Å². The lowest BCUT2D eigenvalue weighted by atomic mass is 10.0. The van der Waals surface area contributed by atoms with E-state index in [1.54, 1.807) is 4.57 Å². The first-order valence-electron chi connectivity index (χ1n) is 14.1. The Morgan fingerprint density at radius 1 is 1.07 bits per heavy atom. The van der Waals surface area contributed by atoms with E-state index < -0.39 is 81.9 Å². The number of hydrogen-bond acceptors (Lipinski definition) is 17. The Morgan fingerprint density at radius 3 is 2.72 bits per heavy atom. The second-order valence-electron chi connectivity index (χ2n) is 12.1. The van der Waals surface area contributed by atoms with Crippen LogP contribution >= 0.6 is 16.1 Å². The number of hydrogen-bond donors (Lipinski definition) is 5. The summed E-state index contributed by atoms with van der Waals surface area (Å²) in [6.45, 7) is -0.965. The highest BCUT2D eigenvalue weighted by Gasteiger charge is 2.74. The molecule has 11 atom stereocenters. The second kappa shape index (κ2) is 9.60. The number of ether oxygens (including phenoxy) is 2. The summed E-state index contributed by atoms with van der Waals surface area (Å²) in [5.41, 5.74) is 9.31. The number of aromatic nitrogens is 8. The molecule has 4 aromatic rings. The molecule has 244 valence electrons. The summed E-state index contributed by atoms with van der Waals surface area (Å²) in [6.07, 6.45) is -1.22. The van der Waals surface area contributed by atoms with Gasteiger partial charge < -0.3 is 44.6 Å². The van der Waals surface area contributed by atoms with Crippen LogP contribution in [0.1, 0.15) is 18.7 Å². The molecule has 2 saturated carbocycles. The molecule has 5 aliphatic rings. The molecule has 0 radical (unpaired) electrons. The number of imidazole rings is 2. The maximum Gasteiger partial charge on any atom is 0.472 e. The van der Waals surface area contributed by atoms with Gasteiger partial charge in [-0.15, -0.1) is 0 Å². The van der Waals surface area contributed by atoms with Gasteiger partial charge in [0.05, 0.1) is 38.5 Å². The topological polar surface area (TPSA) is 289 Å². The molecule has 3 saturated heterocycles. The van der Waals surface area contributed by atoms with E-state index >= 15 is 0 Å². The van der Waals surface area contributed by atoms with Crippen LogP contribution in [-0.2, 0) is 36.7 Å². The lowest BCUT2D eigenvalue weighted by molar-refractivity contribution is -0.184. The van der Waals surface area contributed by atoms with Crippen molar-refractivity contribution >= 4 is 50.2 Å². The molecule has 23 heteroatoms. The quantitative estimate of drug-likeness (QED) is 0.159. The lowest BCUT2D eigenvalue weighted by Gasteiger charge is -2.34. The highest BCUT2D eigenvalue weighted by Crippen LogP contribution is 2.71. The van der Waals surface area contributed by atoms with E-state index in [2.05, 4.69) is 29.9 Å². The average molecular weight is 680 g/mol. The fourth-order valence-corrected chi connectivity index (χ4v) is 9.55. The molecular formula is C23H26N10O11P2. The number of aliphatic hydroxyl groups is 1. The Bertz CT molecular complexity index is 2060. The molecule has 3 aliphatic heterocycles. The number of phosphoric ester groups is 1. The number of aliphatic hydroxyl groups excluding tert-OH is 1. The lowest BCUT2D eigenvalue weighted by Crippen LogP contribution is -2.46. The van der Waals surface area contributed by atoms with Crippen molar-refractivity contribution in [1.82, 2.24) is 39.0 Å². The van der Waals surface area contributed by atoms with Gasteiger partial charge in [0, 0.05) is 5.41 Å². The van der Waals surface area contributed by atoms with E-state index in [4.69, 9.17) is 39.0 Å². The molecule has 5 fully saturated rings. The second-order valence-corrected chi connectivity index (χ2v) is 14.5. The Balaban J connectivity index is 1.04. The summed E-state index contributed by atoms with van der Waals surface area (Å²) in [6, 6.07) is -0.810. The van der Waals surface area contributed by atoms with Crippen LogP contribution < -0.4 is 17.0 Å². The van der Waals surface area contributed by atoms with Crippen molar-refractivity contribution in [2.45, 2.75) is 48.7 Å². The smallest absolute Gasteiger partial charge is 0.388 e. The molecule has 1 spiro atoms. The zero-order valence-corrected chi connectivity index (χ0v) is 25.3. The van der Waals surface area contributed by atoms with Gasteiger partial charge >= 0.3 is 16.1 Å². The van der Waals surface area contributed by atoms with E-state index in [0.717, 1.165) is 0 Å². The van der Waals surface area contributed by atoms with Gasteiger partial charge in [0.1, 0.15) is 41.9 Å². The predicted molar refractivity (Wildman–Crippen MR) is 151 cm³/mol. The molecule has 4 aromatic heterocycles. The predicted octanol–water partition coefficient (Wildman–Crippen LogP) is -0.980. The number of fused-ring (bicyclic) bond motifs is 2. The van der Waals surface area contributed by atoms with Crippen molar-refractivity contribution in [1.29, 1.82) is 0 Å². The van der Waals surface area contributed by atoms with Crippen LogP contribution in [0.15, 0.2) is 23.8 Å². The molecule has 46 heavy (non-hydrogen) atoms. The number of nitrogens with one attached hydrogen (secondary N) is 1. The molecule has 2 unspecified atom stereocenters. The molecule has 0 aromatic carbocycles. The monoisotopic (exact) mass is 680 g/mol. The first-order valence-corrected chi connectivity index (χ1v) is 16.8. The summed E-state index contributed by atoms with van der Waals surface area (Å²) < 4.78 is 65.0. The van der Waals surface area contributed by atoms with E-state index in [0.29, 0.717) is 17.6 Å². The zero-order chi connectivity index (χ0) is 31.7.